The van der Waals surface area contributed by atoms with Gasteiger partial charge in [-0.05, 0) is 30.5 Å². The van der Waals surface area contributed by atoms with Gasteiger partial charge in [-0.3, -0.25) is 4.79 Å². The van der Waals surface area contributed by atoms with E-state index in [1.165, 1.54) is 12.1 Å². The summed E-state index contributed by atoms with van der Waals surface area (Å²) in [5.41, 5.74) is 6.44. The van der Waals surface area contributed by atoms with E-state index in [1.807, 2.05) is 0 Å². The van der Waals surface area contributed by atoms with Crippen LogP contribution >= 0.6 is 0 Å². The van der Waals surface area contributed by atoms with Gasteiger partial charge in [-0.25, -0.2) is 0 Å². The summed E-state index contributed by atoms with van der Waals surface area (Å²) in [6.45, 7) is 2.52. The molecule has 0 aliphatic heterocycles. The molecule has 0 aliphatic rings. The van der Waals surface area contributed by atoms with Crippen LogP contribution < -0.4 is 5.73 Å². The Labute approximate surface area is 119 Å². The zero-order valence-electron chi connectivity index (χ0n) is 11.8. The maximum atomic E-state index is 11.7. The van der Waals surface area contributed by atoms with Gasteiger partial charge < -0.3 is 20.7 Å². The summed E-state index contributed by atoms with van der Waals surface area (Å²) in [6.07, 6.45) is 4.44. The fourth-order valence-corrected chi connectivity index (χ4v) is 1.84. The van der Waals surface area contributed by atoms with Crippen LogP contribution in [0.3, 0.4) is 0 Å². The largest absolute Gasteiger partial charge is 0.504 e. The molecule has 0 aliphatic carbocycles. The maximum Gasteiger partial charge on any atom is 0.323 e. The highest BCUT2D eigenvalue weighted by Crippen LogP contribution is 2.25. The number of unbranched alkanes of at least 4 members (excludes halogenated alkanes) is 3. The van der Waals surface area contributed by atoms with Crippen molar-refractivity contribution in [1.29, 1.82) is 0 Å². The van der Waals surface area contributed by atoms with Crippen molar-refractivity contribution in [3.8, 4) is 11.5 Å². The van der Waals surface area contributed by atoms with Crippen molar-refractivity contribution in [2.45, 2.75) is 45.1 Å². The van der Waals surface area contributed by atoms with Crippen LogP contribution in [0.2, 0.25) is 0 Å². The number of hydrogen-bond acceptors (Lipinski definition) is 5. The van der Waals surface area contributed by atoms with Gasteiger partial charge in [-0.15, -0.1) is 0 Å². The van der Waals surface area contributed by atoms with Crippen molar-refractivity contribution in [3.05, 3.63) is 23.8 Å². The molecule has 0 spiro atoms. The lowest BCUT2D eigenvalue weighted by atomic mass is 10.1. The minimum atomic E-state index is -0.759. The van der Waals surface area contributed by atoms with Gasteiger partial charge in [0.15, 0.2) is 11.5 Å². The van der Waals surface area contributed by atoms with Crippen molar-refractivity contribution in [2.24, 2.45) is 5.73 Å². The van der Waals surface area contributed by atoms with Gasteiger partial charge >= 0.3 is 5.97 Å². The number of rotatable bonds is 8. The Hall–Kier alpha value is -1.75. The lowest BCUT2D eigenvalue weighted by Crippen LogP contribution is -2.34. The fourth-order valence-electron chi connectivity index (χ4n) is 1.84. The molecule has 0 amide bonds. The molecule has 1 aromatic carbocycles. The van der Waals surface area contributed by atoms with E-state index in [0.29, 0.717) is 12.2 Å². The molecule has 112 valence electrons. The number of esters is 1. The Kier molecular flexibility index (Phi) is 6.87. The Morgan fingerprint density at radius 1 is 1.25 bits per heavy atom. The number of phenolic OH excluding ortho intramolecular Hbond substituents is 2. The van der Waals surface area contributed by atoms with Crippen molar-refractivity contribution in [2.75, 3.05) is 6.61 Å². The summed E-state index contributed by atoms with van der Waals surface area (Å²) in [5, 5.41) is 18.6. The third-order valence-corrected chi connectivity index (χ3v) is 3.04. The van der Waals surface area contributed by atoms with E-state index in [4.69, 9.17) is 10.5 Å². The van der Waals surface area contributed by atoms with Gasteiger partial charge in [0, 0.05) is 0 Å². The Morgan fingerprint density at radius 2 is 2.00 bits per heavy atom. The zero-order valence-corrected chi connectivity index (χ0v) is 11.8. The predicted octanol–water partition coefficient (Wildman–Crippen LogP) is 2.09. The summed E-state index contributed by atoms with van der Waals surface area (Å²) in [5.74, 6) is -0.850. The SMILES string of the molecule is CCCCCCOC(=O)C(N)Cc1ccc(O)c(O)c1. The number of nitrogens with two attached hydrogens (primary N) is 1. The number of aromatic hydroxyl groups is 2. The molecule has 0 saturated heterocycles. The zero-order chi connectivity index (χ0) is 15.0. The lowest BCUT2D eigenvalue weighted by Gasteiger charge is -2.12. The molecule has 20 heavy (non-hydrogen) atoms. The van der Waals surface area contributed by atoms with E-state index in [2.05, 4.69) is 6.92 Å². The topological polar surface area (TPSA) is 92.8 Å². The average Bonchev–Trinajstić information content (AvgIpc) is 2.42. The van der Waals surface area contributed by atoms with Crippen molar-refractivity contribution < 1.29 is 19.7 Å². The van der Waals surface area contributed by atoms with Gasteiger partial charge in [0.05, 0.1) is 6.61 Å². The minimum Gasteiger partial charge on any atom is -0.504 e. The molecule has 1 rings (SSSR count). The van der Waals surface area contributed by atoms with Gasteiger partial charge in [0.2, 0.25) is 0 Å². The van der Waals surface area contributed by atoms with E-state index >= 15 is 0 Å². The van der Waals surface area contributed by atoms with Crippen LogP contribution in [-0.4, -0.2) is 28.8 Å². The van der Waals surface area contributed by atoms with E-state index in [1.54, 1.807) is 6.07 Å². The number of benzene rings is 1. The van der Waals surface area contributed by atoms with Crippen LogP contribution in [0.15, 0.2) is 18.2 Å². The van der Waals surface area contributed by atoms with Crippen molar-refractivity contribution in [1.82, 2.24) is 0 Å². The number of hydrogen-bond donors (Lipinski definition) is 3. The first-order valence-electron chi connectivity index (χ1n) is 6.97. The van der Waals surface area contributed by atoms with Crippen LogP contribution in [0, 0.1) is 0 Å². The van der Waals surface area contributed by atoms with Gasteiger partial charge in [-0.2, -0.15) is 0 Å². The van der Waals surface area contributed by atoms with Crippen LogP contribution in [0.5, 0.6) is 11.5 Å². The molecule has 0 heterocycles. The van der Waals surface area contributed by atoms with E-state index in [0.717, 1.165) is 25.7 Å². The third-order valence-electron chi connectivity index (χ3n) is 3.04. The second kappa shape index (κ2) is 8.43. The average molecular weight is 281 g/mol. The second-order valence-corrected chi connectivity index (χ2v) is 4.86. The smallest absolute Gasteiger partial charge is 0.323 e. The minimum absolute atomic E-state index is 0.194. The molecular formula is C15H23NO4. The number of carbonyl (C=O) groups is 1. The number of carbonyl (C=O) groups excluding carboxylic acids is 1. The lowest BCUT2D eigenvalue weighted by molar-refractivity contribution is -0.145. The molecule has 0 radical (unpaired) electrons. The van der Waals surface area contributed by atoms with Crippen molar-refractivity contribution >= 4 is 5.97 Å². The molecule has 1 atom stereocenters. The molecule has 0 saturated carbocycles. The fraction of sp³-hybridized carbons (Fsp3) is 0.533. The van der Waals surface area contributed by atoms with Crippen molar-refractivity contribution in [3.63, 3.8) is 0 Å². The van der Waals surface area contributed by atoms with E-state index < -0.39 is 12.0 Å². The molecule has 0 bridgehead atoms. The standard InChI is InChI=1S/C15H23NO4/c1-2-3-4-5-8-20-15(19)12(16)9-11-6-7-13(17)14(18)10-11/h6-7,10,12,17-18H,2-5,8-9,16H2,1H3. The summed E-state index contributed by atoms with van der Waals surface area (Å²) in [4.78, 5) is 11.7. The third kappa shape index (κ3) is 5.48. The Bertz CT molecular complexity index is 434. The summed E-state index contributed by atoms with van der Waals surface area (Å²) < 4.78 is 5.10. The summed E-state index contributed by atoms with van der Waals surface area (Å²) in [7, 11) is 0. The molecule has 5 heteroatoms. The summed E-state index contributed by atoms with van der Waals surface area (Å²) >= 11 is 0. The van der Waals surface area contributed by atoms with Crippen LogP contribution in [-0.2, 0) is 16.0 Å². The Balaban J connectivity index is 2.35. The van der Waals surface area contributed by atoms with Gasteiger partial charge in [0.25, 0.3) is 0 Å². The molecule has 4 N–H and O–H groups in total. The number of ether oxygens (including phenoxy) is 1. The predicted molar refractivity (Wildman–Crippen MR) is 76.6 cm³/mol. The van der Waals surface area contributed by atoms with Crippen LogP contribution in [0.1, 0.15) is 38.2 Å². The van der Waals surface area contributed by atoms with Crippen LogP contribution in [0.4, 0.5) is 0 Å². The normalized spacial score (nSPS) is 12.1. The highest BCUT2D eigenvalue weighted by Gasteiger charge is 2.16. The quantitative estimate of drug-likeness (QED) is 0.385. The molecule has 1 aromatic rings. The second-order valence-electron chi connectivity index (χ2n) is 4.86. The molecule has 5 nitrogen and oxygen atoms in total. The van der Waals surface area contributed by atoms with E-state index in [9.17, 15) is 15.0 Å². The molecule has 1 unspecified atom stereocenters. The highest BCUT2D eigenvalue weighted by molar-refractivity contribution is 5.75. The van der Waals surface area contributed by atoms with E-state index in [-0.39, 0.29) is 17.9 Å². The molecule has 0 fully saturated rings. The number of phenols is 2. The van der Waals surface area contributed by atoms with Crippen LogP contribution in [0.25, 0.3) is 0 Å². The van der Waals surface area contributed by atoms with Gasteiger partial charge in [-0.1, -0.05) is 32.3 Å². The summed E-state index contributed by atoms with van der Waals surface area (Å²) in [6, 6.07) is 3.62. The molecular weight excluding hydrogens is 258 g/mol. The molecule has 0 aromatic heterocycles. The monoisotopic (exact) mass is 281 g/mol. The highest BCUT2D eigenvalue weighted by atomic mass is 16.5. The maximum absolute atomic E-state index is 11.7. The Morgan fingerprint density at radius 3 is 2.65 bits per heavy atom. The first kappa shape index (κ1) is 16.3. The first-order chi connectivity index (χ1) is 9.54. The van der Waals surface area contributed by atoms with Gasteiger partial charge in [0.1, 0.15) is 6.04 Å². The first-order valence-corrected chi connectivity index (χ1v) is 6.97.